The molecule has 8 nitrogen and oxygen atoms in total. The molecule has 4 aromatic rings. The van der Waals surface area contributed by atoms with Gasteiger partial charge in [-0.3, -0.25) is 14.3 Å². The summed E-state index contributed by atoms with van der Waals surface area (Å²) >= 11 is 0. The molecule has 1 aliphatic carbocycles. The summed E-state index contributed by atoms with van der Waals surface area (Å²) in [7, 11) is 0. The molecule has 2 N–H and O–H groups in total. The number of pyridine rings is 1. The second-order valence-corrected chi connectivity index (χ2v) is 10.3. The van der Waals surface area contributed by atoms with E-state index in [1.165, 1.54) is 12.1 Å². The zero-order valence-corrected chi connectivity index (χ0v) is 23.0. The third kappa shape index (κ3) is 8.42. The van der Waals surface area contributed by atoms with Crippen LogP contribution in [0.2, 0.25) is 0 Å². The lowest BCUT2D eigenvalue weighted by Gasteiger charge is -2.13. The lowest BCUT2D eigenvalue weighted by Crippen LogP contribution is -2.25. The van der Waals surface area contributed by atoms with Gasteiger partial charge in [0.2, 0.25) is 0 Å². The van der Waals surface area contributed by atoms with Crippen molar-refractivity contribution in [1.29, 1.82) is 0 Å². The van der Waals surface area contributed by atoms with Crippen LogP contribution >= 0.6 is 0 Å². The van der Waals surface area contributed by atoms with Crippen molar-refractivity contribution >= 4 is 11.6 Å². The number of nitrogens with one attached hydrogen (secondary N) is 2. The van der Waals surface area contributed by atoms with Crippen molar-refractivity contribution in [3.63, 3.8) is 0 Å². The number of aromatic amines is 1. The van der Waals surface area contributed by atoms with Gasteiger partial charge in [0, 0.05) is 36.1 Å². The molecule has 0 unspecified atom stereocenters. The molecule has 0 spiro atoms. The van der Waals surface area contributed by atoms with Crippen molar-refractivity contribution in [3.8, 4) is 34.0 Å². The first-order chi connectivity index (χ1) is 20.8. The largest absolute Gasteiger partial charge is 0.573 e. The molecule has 14 heteroatoms. The molecule has 1 aliphatic rings. The number of hydrogen-bond acceptors (Lipinski definition) is 5. The van der Waals surface area contributed by atoms with Crippen molar-refractivity contribution in [2.24, 2.45) is 5.92 Å². The topological polar surface area (TPSA) is 98.2 Å². The first-order valence-corrected chi connectivity index (χ1v) is 13.6. The second-order valence-electron chi connectivity index (χ2n) is 10.3. The highest BCUT2D eigenvalue weighted by Gasteiger charge is 2.31. The van der Waals surface area contributed by atoms with Gasteiger partial charge >= 0.3 is 12.5 Å². The summed E-state index contributed by atoms with van der Waals surface area (Å²) in [5, 5.41) is 7.10. The molecule has 1 saturated carbocycles. The molecule has 0 aliphatic heterocycles. The number of carbonyl (C=O) groups excluding carboxylic acids is 1. The van der Waals surface area contributed by atoms with Crippen LogP contribution in [-0.2, 0) is 6.54 Å². The van der Waals surface area contributed by atoms with Crippen molar-refractivity contribution in [3.05, 3.63) is 82.8 Å². The average molecular weight is 621 g/mol. The number of hydrogen-bond donors (Lipinski definition) is 2. The lowest BCUT2D eigenvalue weighted by molar-refractivity contribution is -0.274. The summed E-state index contributed by atoms with van der Waals surface area (Å²) in [5.74, 6) is -0.423. The van der Waals surface area contributed by atoms with Gasteiger partial charge in [0.15, 0.2) is 0 Å². The predicted molar refractivity (Wildman–Crippen MR) is 148 cm³/mol. The monoisotopic (exact) mass is 620 g/mol. The van der Waals surface area contributed by atoms with Gasteiger partial charge < -0.3 is 19.8 Å². The van der Waals surface area contributed by atoms with E-state index in [1.54, 1.807) is 47.3 Å². The van der Waals surface area contributed by atoms with Crippen LogP contribution in [0.1, 0.15) is 36.0 Å². The minimum atomic E-state index is -4.87. The number of amides is 1. The summed E-state index contributed by atoms with van der Waals surface area (Å²) in [6.45, 7) is 0.569. The Morgan fingerprint density at radius 1 is 0.977 bits per heavy atom. The van der Waals surface area contributed by atoms with E-state index in [9.17, 15) is 35.9 Å². The maximum Gasteiger partial charge on any atom is 0.573 e. The van der Waals surface area contributed by atoms with E-state index in [4.69, 9.17) is 4.74 Å². The van der Waals surface area contributed by atoms with Crippen molar-refractivity contribution in [1.82, 2.24) is 14.8 Å². The van der Waals surface area contributed by atoms with Crippen LogP contribution in [0, 0.1) is 5.92 Å². The number of aromatic nitrogens is 3. The van der Waals surface area contributed by atoms with Crippen LogP contribution < -0.4 is 20.3 Å². The van der Waals surface area contributed by atoms with E-state index in [1.807, 2.05) is 0 Å². The van der Waals surface area contributed by atoms with Gasteiger partial charge in [-0.15, -0.1) is 13.2 Å². The van der Waals surface area contributed by atoms with Crippen molar-refractivity contribution in [2.45, 2.75) is 44.8 Å². The number of anilines is 1. The van der Waals surface area contributed by atoms with E-state index in [0.29, 0.717) is 35.2 Å². The van der Waals surface area contributed by atoms with Gasteiger partial charge in [0.05, 0.1) is 12.3 Å². The molecule has 2 heterocycles. The number of rotatable bonds is 11. The molecule has 0 bridgehead atoms. The maximum atomic E-state index is 13.4. The van der Waals surface area contributed by atoms with Crippen LogP contribution in [0.25, 0.3) is 22.5 Å². The highest BCUT2D eigenvalue weighted by molar-refractivity contribution is 6.08. The van der Waals surface area contributed by atoms with E-state index >= 15 is 0 Å². The molecule has 1 amide bonds. The number of ether oxygens (including phenoxy) is 2. The molecule has 0 radical (unpaired) electrons. The van der Waals surface area contributed by atoms with Crippen LogP contribution in [-0.4, -0.2) is 39.8 Å². The standard InChI is InChI=1S/C30H26F6N4O4/c31-29(32,33)13-1-15-43-21-8-4-19(5-9-21)25-16-23(24-12-14-40(39-24)17-18-2-3-18)26(28(42)38-25)27(41)37-20-6-10-22(11-7-20)44-30(34,35)36/h4-12,14,16,18H,1-3,13,15,17H2,(H,37,41)(H,38,42). The Balaban J connectivity index is 1.40. The van der Waals surface area contributed by atoms with Gasteiger partial charge in [-0.1, -0.05) is 0 Å². The highest BCUT2D eigenvalue weighted by Crippen LogP contribution is 2.32. The number of H-pyrrole nitrogens is 1. The number of alkyl halides is 6. The zero-order valence-electron chi connectivity index (χ0n) is 23.0. The zero-order chi connectivity index (χ0) is 31.5. The summed E-state index contributed by atoms with van der Waals surface area (Å²) in [5.41, 5.74) is 0.596. The molecule has 2 aromatic heterocycles. The molecular formula is C30H26F6N4O4. The molecule has 0 atom stereocenters. The van der Waals surface area contributed by atoms with E-state index < -0.39 is 36.2 Å². The smallest absolute Gasteiger partial charge is 0.494 e. The van der Waals surface area contributed by atoms with Gasteiger partial charge in [0.1, 0.15) is 17.1 Å². The summed E-state index contributed by atoms with van der Waals surface area (Å²) < 4.78 is 85.6. The Bertz CT molecular complexity index is 1660. The molecule has 2 aromatic carbocycles. The molecule has 0 saturated heterocycles. The average Bonchev–Trinajstić information content (AvgIpc) is 3.64. The Hall–Kier alpha value is -4.75. The fourth-order valence-electron chi connectivity index (χ4n) is 4.44. The van der Waals surface area contributed by atoms with Crippen LogP contribution in [0.5, 0.6) is 11.5 Å². The van der Waals surface area contributed by atoms with E-state index in [-0.39, 0.29) is 29.8 Å². The maximum absolute atomic E-state index is 13.4. The third-order valence-electron chi connectivity index (χ3n) is 6.70. The highest BCUT2D eigenvalue weighted by atomic mass is 19.4. The molecule has 232 valence electrons. The Labute approximate surface area is 246 Å². The number of nitrogens with zero attached hydrogens (tertiary/aromatic N) is 2. The lowest BCUT2D eigenvalue weighted by atomic mass is 10.0. The predicted octanol–water partition coefficient (Wildman–Crippen LogP) is 7.19. The Morgan fingerprint density at radius 3 is 2.30 bits per heavy atom. The number of halogens is 6. The van der Waals surface area contributed by atoms with Crippen molar-refractivity contribution < 1.29 is 40.6 Å². The summed E-state index contributed by atoms with van der Waals surface area (Å²) in [6.07, 6.45) is -6.35. The molecule has 44 heavy (non-hydrogen) atoms. The summed E-state index contributed by atoms with van der Waals surface area (Å²) in [6, 6.07) is 14.1. The molecular weight excluding hydrogens is 594 g/mol. The van der Waals surface area contributed by atoms with Gasteiger partial charge in [-0.25, -0.2) is 0 Å². The first-order valence-electron chi connectivity index (χ1n) is 13.6. The van der Waals surface area contributed by atoms with Crippen LogP contribution in [0.3, 0.4) is 0 Å². The minimum absolute atomic E-state index is 0.120. The quantitative estimate of drug-likeness (QED) is 0.137. The van der Waals surface area contributed by atoms with Crippen LogP contribution in [0.15, 0.2) is 71.7 Å². The Kier molecular flexibility index (Phi) is 8.70. The SMILES string of the molecule is O=C(Nc1ccc(OC(F)(F)F)cc1)c1c(-c2ccn(CC3CC3)n2)cc(-c2ccc(OCCCC(F)(F)F)cc2)[nH]c1=O. The second kappa shape index (κ2) is 12.5. The fraction of sp³-hybridized carbons (Fsp3) is 0.300. The van der Waals surface area contributed by atoms with E-state index in [2.05, 4.69) is 20.1 Å². The minimum Gasteiger partial charge on any atom is -0.494 e. The first kappa shape index (κ1) is 30.7. The fourth-order valence-corrected chi connectivity index (χ4v) is 4.44. The van der Waals surface area contributed by atoms with Gasteiger partial charge in [-0.2, -0.15) is 18.3 Å². The normalized spacial score (nSPS) is 13.5. The van der Waals surface area contributed by atoms with Crippen LogP contribution in [0.4, 0.5) is 32.0 Å². The third-order valence-corrected chi connectivity index (χ3v) is 6.70. The van der Waals surface area contributed by atoms with Gasteiger partial charge in [-0.05, 0) is 91.4 Å². The molecule has 5 rings (SSSR count). The number of carbonyl (C=O) groups is 1. The van der Waals surface area contributed by atoms with Crippen molar-refractivity contribution in [2.75, 3.05) is 11.9 Å². The van der Waals surface area contributed by atoms with E-state index in [0.717, 1.165) is 25.0 Å². The summed E-state index contributed by atoms with van der Waals surface area (Å²) in [4.78, 5) is 29.4. The Morgan fingerprint density at radius 2 is 1.66 bits per heavy atom. The number of benzene rings is 2. The molecule has 1 fully saturated rings. The van der Waals surface area contributed by atoms with Gasteiger partial charge in [0.25, 0.3) is 11.5 Å².